The first-order valence-electron chi connectivity index (χ1n) is 8.32. The maximum atomic E-state index is 13.1. The van der Waals surface area contributed by atoms with Gasteiger partial charge in [-0.3, -0.25) is 4.55 Å². The highest BCUT2D eigenvalue weighted by Gasteiger charge is 2.19. The van der Waals surface area contributed by atoms with Crippen LogP contribution < -0.4 is 4.31 Å². The Morgan fingerprint density at radius 3 is 2.41 bits per heavy atom. The third-order valence-corrected chi connectivity index (χ3v) is 6.11. The lowest BCUT2D eigenvalue weighted by molar-refractivity contribution is 0.0697. The smallest absolute Gasteiger partial charge is 0.335 e. The van der Waals surface area contributed by atoms with E-state index in [0.29, 0.717) is 26.6 Å². The average molecular weight is 428 g/mol. The summed E-state index contributed by atoms with van der Waals surface area (Å²) in [6.07, 6.45) is 1.48. The molecule has 0 fully saturated rings. The normalized spacial score (nSPS) is 12.1. The molecule has 3 aromatic carbocycles. The van der Waals surface area contributed by atoms with Crippen LogP contribution in [0.5, 0.6) is 0 Å². The molecule has 29 heavy (non-hydrogen) atoms. The Morgan fingerprint density at radius 1 is 1.03 bits per heavy atom. The molecule has 0 saturated carbocycles. The van der Waals surface area contributed by atoms with Gasteiger partial charge in [0.2, 0.25) is 0 Å². The molecule has 0 bridgehead atoms. The number of anilines is 2. The molecule has 0 aliphatic carbocycles. The summed E-state index contributed by atoms with van der Waals surface area (Å²) in [7, 11) is 0. The van der Waals surface area contributed by atoms with E-state index in [-0.39, 0.29) is 11.4 Å². The van der Waals surface area contributed by atoms with Crippen LogP contribution in [0.3, 0.4) is 0 Å². The summed E-state index contributed by atoms with van der Waals surface area (Å²) >= 11 is -1.16. The SMILES string of the molecule is O=C(O)c1ccc2cc(N(c3cnc(-c4ccc(F)cc4)s3)S(=O)O)ccc2c1. The Kier molecular flexibility index (Phi) is 5.10. The van der Waals surface area contributed by atoms with Crippen LogP contribution in [0.1, 0.15) is 10.4 Å². The summed E-state index contributed by atoms with van der Waals surface area (Å²) in [5, 5.41) is 11.6. The van der Waals surface area contributed by atoms with Gasteiger partial charge in [0.05, 0.1) is 17.4 Å². The van der Waals surface area contributed by atoms with Crippen molar-refractivity contribution in [3.05, 3.63) is 78.2 Å². The van der Waals surface area contributed by atoms with E-state index in [1.165, 1.54) is 40.0 Å². The predicted octanol–water partition coefficient (Wildman–Crippen LogP) is 5.08. The summed E-state index contributed by atoms with van der Waals surface area (Å²) in [6.45, 7) is 0. The molecule has 0 saturated heterocycles. The second kappa shape index (κ2) is 7.70. The van der Waals surface area contributed by atoms with Crippen LogP contribution in [-0.4, -0.2) is 24.8 Å². The molecule has 0 aliphatic rings. The van der Waals surface area contributed by atoms with E-state index in [4.69, 9.17) is 5.11 Å². The van der Waals surface area contributed by atoms with Crippen molar-refractivity contribution in [3.63, 3.8) is 0 Å². The molecule has 1 unspecified atom stereocenters. The van der Waals surface area contributed by atoms with Crippen LogP contribution in [-0.2, 0) is 11.3 Å². The number of benzene rings is 3. The van der Waals surface area contributed by atoms with Crippen molar-refractivity contribution >= 4 is 50.0 Å². The largest absolute Gasteiger partial charge is 0.478 e. The van der Waals surface area contributed by atoms with Crippen molar-refractivity contribution in [1.29, 1.82) is 0 Å². The molecule has 1 atom stereocenters. The molecule has 0 amide bonds. The van der Waals surface area contributed by atoms with Crippen LogP contribution in [0.2, 0.25) is 0 Å². The first-order chi connectivity index (χ1) is 13.9. The van der Waals surface area contributed by atoms with Gasteiger partial charge in [-0.15, -0.1) is 0 Å². The predicted molar refractivity (Wildman–Crippen MR) is 111 cm³/mol. The monoisotopic (exact) mass is 428 g/mol. The fourth-order valence-corrected chi connectivity index (χ4v) is 4.52. The number of nitrogens with zero attached hydrogens (tertiary/aromatic N) is 2. The number of thiazole rings is 1. The van der Waals surface area contributed by atoms with E-state index in [9.17, 15) is 17.9 Å². The van der Waals surface area contributed by atoms with Gasteiger partial charge in [0.15, 0.2) is 0 Å². The number of hydrogen-bond donors (Lipinski definition) is 2. The number of carbonyl (C=O) groups is 1. The lowest BCUT2D eigenvalue weighted by Crippen LogP contribution is -2.18. The Balaban J connectivity index is 1.73. The summed E-state index contributed by atoms with van der Waals surface area (Å²) in [5.41, 5.74) is 1.32. The molecule has 0 radical (unpaired) electrons. The Bertz CT molecular complexity index is 1240. The fraction of sp³-hybridized carbons (Fsp3) is 0. The minimum atomic E-state index is -2.36. The highest BCUT2D eigenvalue weighted by molar-refractivity contribution is 7.81. The molecule has 1 aromatic heterocycles. The van der Waals surface area contributed by atoms with E-state index in [1.54, 1.807) is 42.5 Å². The number of rotatable bonds is 5. The minimum absolute atomic E-state index is 0.166. The van der Waals surface area contributed by atoms with Gasteiger partial charge >= 0.3 is 5.97 Å². The zero-order valence-electron chi connectivity index (χ0n) is 14.7. The maximum Gasteiger partial charge on any atom is 0.335 e. The number of fused-ring (bicyclic) bond motifs is 1. The van der Waals surface area contributed by atoms with Gasteiger partial charge in [-0.25, -0.2) is 22.7 Å². The quantitative estimate of drug-likeness (QED) is 0.433. The molecule has 6 nitrogen and oxygen atoms in total. The number of carboxylic acid groups (broad SMARTS) is 1. The second-order valence-electron chi connectivity index (χ2n) is 6.09. The van der Waals surface area contributed by atoms with E-state index in [0.717, 1.165) is 5.39 Å². The van der Waals surface area contributed by atoms with E-state index >= 15 is 0 Å². The number of carboxylic acids is 1. The molecule has 0 aliphatic heterocycles. The fourth-order valence-electron chi connectivity index (χ4n) is 2.87. The summed E-state index contributed by atoms with van der Waals surface area (Å²) < 4.78 is 36.3. The molecule has 0 spiro atoms. The minimum Gasteiger partial charge on any atom is -0.478 e. The second-order valence-corrected chi connectivity index (χ2v) is 7.92. The first kappa shape index (κ1) is 19.2. The van der Waals surface area contributed by atoms with Crippen molar-refractivity contribution in [2.24, 2.45) is 0 Å². The van der Waals surface area contributed by atoms with Crippen molar-refractivity contribution in [3.8, 4) is 10.6 Å². The van der Waals surface area contributed by atoms with Crippen LogP contribution in [0.15, 0.2) is 66.9 Å². The lowest BCUT2D eigenvalue weighted by Gasteiger charge is -2.18. The van der Waals surface area contributed by atoms with Crippen molar-refractivity contribution in [2.45, 2.75) is 0 Å². The highest BCUT2D eigenvalue weighted by atomic mass is 32.2. The summed E-state index contributed by atoms with van der Waals surface area (Å²) in [4.78, 5) is 15.4. The molecular weight excluding hydrogens is 415 g/mol. The van der Waals surface area contributed by atoms with E-state index in [2.05, 4.69) is 4.98 Å². The first-order valence-corrected chi connectivity index (χ1v) is 10.2. The molecule has 146 valence electrons. The molecule has 1 heterocycles. The molecule has 4 rings (SSSR count). The summed E-state index contributed by atoms with van der Waals surface area (Å²) in [5.74, 6) is -1.38. The molecule has 4 aromatic rings. The van der Waals surface area contributed by atoms with E-state index < -0.39 is 17.2 Å². The summed E-state index contributed by atoms with van der Waals surface area (Å²) in [6, 6.07) is 15.5. The Morgan fingerprint density at radius 2 is 1.72 bits per heavy atom. The Labute approximate surface area is 171 Å². The van der Waals surface area contributed by atoms with Gasteiger partial charge in [0, 0.05) is 5.56 Å². The van der Waals surface area contributed by atoms with Crippen molar-refractivity contribution in [1.82, 2.24) is 4.98 Å². The zero-order chi connectivity index (χ0) is 20.5. The zero-order valence-corrected chi connectivity index (χ0v) is 16.3. The van der Waals surface area contributed by atoms with Gasteiger partial charge < -0.3 is 5.11 Å². The molecular formula is C20H13FN2O4S2. The molecule has 2 N–H and O–H groups in total. The molecule has 9 heteroatoms. The number of aromatic nitrogens is 1. The van der Waals surface area contributed by atoms with Gasteiger partial charge in [-0.1, -0.05) is 23.5 Å². The standard InChI is InChI=1S/C20H13FN2O4S2/c21-16-6-3-12(4-7-16)19-22-11-18(28-19)23(29(26)27)17-8-5-13-9-15(20(24)25)2-1-14(13)10-17/h1-11H,(H,24,25)(H,26,27). The van der Waals surface area contributed by atoms with Gasteiger partial charge in [-0.05, 0) is 59.3 Å². The number of aromatic carboxylic acids is 1. The van der Waals surface area contributed by atoms with Crippen LogP contribution >= 0.6 is 11.3 Å². The third-order valence-electron chi connectivity index (χ3n) is 4.25. The van der Waals surface area contributed by atoms with Crippen LogP contribution in [0, 0.1) is 5.82 Å². The number of halogens is 1. The van der Waals surface area contributed by atoms with Gasteiger partial charge in [0.25, 0.3) is 11.3 Å². The topological polar surface area (TPSA) is 90.7 Å². The lowest BCUT2D eigenvalue weighted by atomic mass is 10.1. The van der Waals surface area contributed by atoms with Crippen LogP contribution in [0.4, 0.5) is 15.1 Å². The van der Waals surface area contributed by atoms with E-state index in [1.807, 2.05) is 0 Å². The van der Waals surface area contributed by atoms with Crippen LogP contribution in [0.25, 0.3) is 21.3 Å². The third kappa shape index (κ3) is 3.88. The van der Waals surface area contributed by atoms with Crippen molar-refractivity contribution < 1.29 is 23.1 Å². The Hall–Kier alpha value is -3.14. The van der Waals surface area contributed by atoms with Gasteiger partial charge in [0.1, 0.15) is 15.8 Å². The maximum absolute atomic E-state index is 13.1. The average Bonchev–Trinajstić information content (AvgIpc) is 3.17. The highest BCUT2D eigenvalue weighted by Crippen LogP contribution is 2.37. The van der Waals surface area contributed by atoms with Crippen molar-refractivity contribution in [2.75, 3.05) is 4.31 Å². The van der Waals surface area contributed by atoms with Gasteiger partial charge in [-0.2, -0.15) is 0 Å². The number of hydrogen-bond acceptors (Lipinski definition) is 4.